The Bertz CT molecular complexity index is 1280. The van der Waals surface area contributed by atoms with Crippen LogP contribution in [0, 0.1) is 11.3 Å². The summed E-state index contributed by atoms with van der Waals surface area (Å²) in [5, 5.41) is 10.2. The Morgan fingerprint density at radius 1 is 1.05 bits per heavy atom. The molecule has 2 aromatic carbocycles. The van der Waals surface area contributed by atoms with Gasteiger partial charge in [0.15, 0.2) is 0 Å². The van der Waals surface area contributed by atoms with Crippen molar-refractivity contribution in [3.8, 4) is 11.8 Å². The van der Waals surface area contributed by atoms with E-state index in [0.717, 1.165) is 32.5 Å². The van der Waals surface area contributed by atoms with Crippen molar-refractivity contribution in [2.75, 3.05) is 38.8 Å². The van der Waals surface area contributed by atoms with Crippen LogP contribution >= 0.6 is 0 Å². The second kappa shape index (κ2) is 11.8. The molecule has 2 heterocycles. The number of anilines is 1. The number of nitriles is 1. The van der Waals surface area contributed by atoms with Crippen molar-refractivity contribution < 1.29 is 23.8 Å². The normalized spacial score (nSPS) is 20.1. The highest BCUT2D eigenvalue weighted by Crippen LogP contribution is 2.43. The Morgan fingerprint density at radius 3 is 2.34 bits per heavy atom. The van der Waals surface area contributed by atoms with Gasteiger partial charge in [-0.05, 0) is 55.8 Å². The van der Waals surface area contributed by atoms with Crippen molar-refractivity contribution in [2.24, 2.45) is 5.73 Å². The number of benzene rings is 2. The van der Waals surface area contributed by atoms with Gasteiger partial charge in [0, 0.05) is 12.2 Å². The van der Waals surface area contributed by atoms with Gasteiger partial charge in [-0.3, -0.25) is 9.80 Å². The van der Waals surface area contributed by atoms with Crippen LogP contribution in [0.2, 0.25) is 0 Å². The number of ether oxygens (including phenoxy) is 3. The zero-order valence-corrected chi connectivity index (χ0v) is 21.8. The fourth-order valence-electron chi connectivity index (χ4n) is 5.04. The van der Waals surface area contributed by atoms with Gasteiger partial charge in [-0.1, -0.05) is 37.3 Å². The molecule has 0 saturated carbocycles. The number of nitrogens with two attached hydrogens (primary N) is 1. The van der Waals surface area contributed by atoms with Crippen LogP contribution in [-0.4, -0.2) is 56.8 Å². The fraction of sp³-hybridized carbons (Fsp3) is 0.345. The molecule has 0 amide bonds. The molecule has 2 aliphatic rings. The van der Waals surface area contributed by atoms with Crippen molar-refractivity contribution in [1.82, 2.24) is 4.90 Å². The monoisotopic (exact) mass is 516 g/mol. The number of methoxy groups -OCH3 is 2. The van der Waals surface area contributed by atoms with Crippen molar-refractivity contribution in [1.29, 1.82) is 5.26 Å². The number of likely N-dealkylation sites (N-methyl/N-ethyl adjacent to an activating group) is 1. The Labute approximate surface area is 222 Å². The molecule has 2 aliphatic heterocycles. The summed E-state index contributed by atoms with van der Waals surface area (Å²) < 4.78 is 16.4. The maximum Gasteiger partial charge on any atom is 0.355 e. The maximum absolute atomic E-state index is 13.2. The van der Waals surface area contributed by atoms with Crippen molar-refractivity contribution in [3.05, 3.63) is 82.8 Å². The third kappa shape index (κ3) is 5.22. The summed E-state index contributed by atoms with van der Waals surface area (Å²) >= 11 is 0. The van der Waals surface area contributed by atoms with E-state index in [2.05, 4.69) is 17.9 Å². The lowest BCUT2D eigenvalue weighted by Crippen LogP contribution is -2.41. The number of piperidine rings is 1. The van der Waals surface area contributed by atoms with Crippen LogP contribution in [0.25, 0.3) is 0 Å². The molecule has 0 radical (unpaired) electrons. The SMILES string of the molecule is CCN1CCCC(Oc2ccc(N3C(N)=C(C#N)C(c4ccccc4)C(C(=O)OC)=C3C(=O)OC)cc2)C1. The van der Waals surface area contributed by atoms with E-state index in [4.69, 9.17) is 19.9 Å². The maximum atomic E-state index is 13.2. The topological polar surface area (TPSA) is 118 Å². The number of carbonyl (C=O) groups is 2. The number of rotatable bonds is 7. The summed E-state index contributed by atoms with van der Waals surface area (Å²) in [6.07, 6.45) is 2.14. The summed E-state index contributed by atoms with van der Waals surface area (Å²) in [6, 6.07) is 18.1. The van der Waals surface area contributed by atoms with Crippen LogP contribution in [-0.2, 0) is 19.1 Å². The highest BCUT2D eigenvalue weighted by molar-refractivity contribution is 6.06. The number of nitrogens with zero attached hydrogens (tertiary/aromatic N) is 3. The lowest BCUT2D eigenvalue weighted by atomic mass is 9.81. The number of esters is 2. The molecule has 9 heteroatoms. The largest absolute Gasteiger partial charge is 0.489 e. The number of carbonyl (C=O) groups excluding carboxylic acids is 2. The van der Waals surface area contributed by atoms with Gasteiger partial charge >= 0.3 is 11.9 Å². The van der Waals surface area contributed by atoms with E-state index in [9.17, 15) is 14.9 Å². The summed E-state index contributed by atoms with van der Waals surface area (Å²) in [7, 11) is 2.45. The average Bonchev–Trinajstić information content (AvgIpc) is 2.96. The van der Waals surface area contributed by atoms with Gasteiger partial charge in [-0.15, -0.1) is 0 Å². The van der Waals surface area contributed by atoms with Gasteiger partial charge in [0.05, 0.1) is 37.4 Å². The van der Waals surface area contributed by atoms with Gasteiger partial charge < -0.3 is 19.9 Å². The number of allylic oxidation sites excluding steroid dienone is 1. The molecule has 0 spiro atoms. The Morgan fingerprint density at radius 2 is 1.74 bits per heavy atom. The summed E-state index contributed by atoms with van der Waals surface area (Å²) in [5.74, 6) is -1.75. The first-order valence-corrected chi connectivity index (χ1v) is 12.6. The third-order valence-corrected chi connectivity index (χ3v) is 6.92. The molecule has 2 N–H and O–H groups in total. The van der Waals surface area contributed by atoms with Crippen LogP contribution in [0.4, 0.5) is 5.69 Å². The van der Waals surface area contributed by atoms with Crippen LogP contribution in [0.5, 0.6) is 5.75 Å². The lowest BCUT2D eigenvalue weighted by molar-refractivity contribution is -0.139. The molecule has 38 heavy (non-hydrogen) atoms. The van der Waals surface area contributed by atoms with E-state index in [1.807, 2.05) is 6.07 Å². The lowest BCUT2D eigenvalue weighted by Gasteiger charge is -2.36. The molecule has 0 aliphatic carbocycles. The van der Waals surface area contributed by atoms with E-state index < -0.39 is 17.9 Å². The minimum Gasteiger partial charge on any atom is -0.489 e. The Kier molecular flexibility index (Phi) is 8.34. The molecule has 9 nitrogen and oxygen atoms in total. The number of likely N-dealkylation sites (tertiary alicyclic amines) is 1. The minimum absolute atomic E-state index is 0.0222. The minimum atomic E-state index is -0.908. The second-order valence-electron chi connectivity index (χ2n) is 9.10. The van der Waals surface area contributed by atoms with Crippen LogP contribution in [0.15, 0.2) is 77.3 Å². The highest BCUT2D eigenvalue weighted by atomic mass is 16.5. The molecule has 2 unspecified atom stereocenters. The van der Waals surface area contributed by atoms with Gasteiger partial charge in [-0.25, -0.2) is 9.59 Å². The van der Waals surface area contributed by atoms with E-state index >= 15 is 0 Å². The molecule has 1 fully saturated rings. The van der Waals surface area contributed by atoms with E-state index in [0.29, 0.717) is 17.0 Å². The number of hydrogen-bond acceptors (Lipinski definition) is 9. The zero-order chi connectivity index (χ0) is 27.2. The van der Waals surface area contributed by atoms with Gasteiger partial charge in [0.2, 0.25) is 0 Å². The predicted octanol–water partition coefficient (Wildman–Crippen LogP) is 3.45. The molecular formula is C29H32N4O5. The van der Waals surface area contributed by atoms with Gasteiger partial charge in [0.25, 0.3) is 0 Å². The quantitative estimate of drug-likeness (QED) is 0.552. The molecule has 1 saturated heterocycles. The first-order valence-electron chi connectivity index (χ1n) is 12.6. The van der Waals surface area contributed by atoms with Crippen LogP contribution < -0.4 is 15.4 Å². The predicted molar refractivity (Wildman–Crippen MR) is 142 cm³/mol. The first kappa shape index (κ1) is 26.8. The molecule has 198 valence electrons. The summed E-state index contributed by atoms with van der Waals surface area (Å²) in [6.45, 7) is 5.06. The fourth-order valence-corrected chi connectivity index (χ4v) is 5.04. The Balaban J connectivity index is 1.78. The van der Waals surface area contributed by atoms with Crippen LogP contribution in [0.3, 0.4) is 0 Å². The molecule has 2 aromatic rings. The van der Waals surface area contributed by atoms with Crippen molar-refractivity contribution in [2.45, 2.75) is 31.8 Å². The van der Waals surface area contributed by atoms with Crippen LogP contribution in [0.1, 0.15) is 31.2 Å². The van der Waals surface area contributed by atoms with E-state index in [1.165, 1.54) is 19.1 Å². The second-order valence-corrected chi connectivity index (χ2v) is 9.10. The number of hydrogen-bond donors (Lipinski definition) is 1. The van der Waals surface area contributed by atoms with Crippen molar-refractivity contribution >= 4 is 17.6 Å². The van der Waals surface area contributed by atoms with Gasteiger partial charge in [0.1, 0.15) is 23.4 Å². The average molecular weight is 517 g/mol. The smallest absolute Gasteiger partial charge is 0.355 e. The highest BCUT2D eigenvalue weighted by Gasteiger charge is 2.43. The molecule has 4 rings (SSSR count). The molecule has 2 atom stereocenters. The van der Waals surface area contributed by atoms with E-state index in [1.54, 1.807) is 48.5 Å². The summed E-state index contributed by atoms with van der Waals surface area (Å²) in [4.78, 5) is 30.0. The molecular weight excluding hydrogens is 484 g/mol. The third-order valence-electron chi connectivity index (χ3n) is 6.92. The van der Waals surface area contributed by atoms with Crippen molar-refractivity contribution in [3.63, 3.8) is 0 Å². The zero-order valence-electron chi connectivity index (χ0n) is 21.8. The molecule has 0 bridgehead atoms. The standard InChI is InChI=1S/C29H32N4O5/c1-4-32-16-8-11-22(18-32)38-21-14-12-20(13-15-21)33-26(29(35)37-3)25(28(34)36-2)24(23(17-30)27(33)31)19-9-6-5-7-10-19/h5-7,9-10,12-15,22,24H,4,8,11,16,18,31H2,1-3H3. The summed E-state index contributed by atoms with van der Waals surface area (Å²) in [5.41, 5.74) is 7.62. The first-order chi connectivity index (χ1) is 18.4. The molecule has 0 aromatic heterocycles. The van der Waals surface area contributed by atoms with E-state index in [-0.39, 0.29) is 28.8 Å². The van der Waals surface area contributed by atoms with Gasteiger partial charge in [-0.2, -0.15) is 5.26 Å². The Hall–Kier alpha value is -4.29.